The van der Waals surface area contributed by atoms with Crippen LogP contribution in [-0.2, 0) is 0 Å². The Kier molecular flexibility index (Phi) is 7.10. The van der Waals surface area contributed by atoms with Crippen molar-refractivity contribution in [2.24, 2.45) is 0 Å². The number of hydrogen-bond acceptors (Lipinski definition) is 4. The zero-order valence-electron chi connectivity index (χ0n) is 26.5. The molecule has 4 heteroatoms. The Morgan fingerprint density at radius 2 is 0.735 bits per heavy atom. The van der Waals surface area contributed by atoms with Gasteiger partial charge in [-0.05, 0) is 51.6 Å². The summed E-state index contributed by atoms with van der Waals surface area (Å²) in [6.45, 7) is 0. The summed E-state index contributed by atoms with van der Waals surface area (Å²) < 4.78 is 6.57. The van der Waals surface area contributed by atoms with Crippen molar-refractivity contribution >= 4 is 21.9 Å². The van der Waals surface area contributed by atoms with Gasteiger partial charge in [0.25, 0.3) is 0 Å². The highest BCUT2D eigenvalue weighted by molar-refractivity contribution is 6.15. The molecule has 0 amide bonds. The van der Waals surface area contributed by atoms with Gasteiger partial charge in [0.1, 0.15) is 11.2 Å². The maximum absolute atomic E-state index is 6.57. The first-order valence-corrected chi connectivity index (χ1v) is 16.4. The minimum Gasteiger partial charge on any atom is -0.456 e. The molecule has 0 aliphatic rings. The van der Waals surface area contributed by atoms with Crippen LogP contribution in [0.15, 0.2) is 180 Å². The number of para-hydroxylation sites is 1. The Morgan fingerprint density at radius 3 is 1.33 bits per heavy atom. The predicted molar refractivity (Wildman–Crippen MR) is 200 cm³/mol. The summed E-state index contributed by atoms with van der Waals surface area (Å²) in [4.78, 5) is 15.1. The van der Waals surface area contributed by atoms with E-state index < -0.39 is 0 Å². The molecule has 0 aliphatic carbocycles. The molecule has 0 bridgehead atoms. The lowest BCUT2D eigenvalue weighted by Crippen LogP contribution is -2.00. The van der Waals surface area contributed by atoms with Crippen molar-refractivity contribution in [3.05, 3.63) is 176 Å². The van der Waals surface area contributed by atoms with Crippen LogP contribution >= 0.6 is 0 Å². The van der Waals surface area contributed by atoms with Gasteiger partial charge in [0.05, 0.1) is 0 Å². The van der Waals surface area contributed by atoms with Crippen molar-refractivity contribution in [3.8, 4) is 67.5 Å². The van der Waals surface area contributed by atoms with Crippen molar-refractivity contribution in [1.29, 1.82) is 0 Å². The summed E-state index contributed by atoms with van der Waals surface area (Å²) in [7, 11) is 0. The van der Waals surface area contributed by atoms with Crippen LogP contribution < -0.4 is 0 Å². The summed E-state index contributed by atoms with van der Waals surface area (Å²) in [6, 6.07) is 60.5. The van der Waals surface area contributed by atoms with Gasteiger partial charge in [0.15, 0.2) is 17.5 Å². The fraction of sp³-hybridized carbons (Fsp3) is 0. The highest BCUT2D eigenvalue weighted by Gasteiger charge is 2.21. The van der Waals surface area contributed by atoms with E-state index in [9.17, 15) is 0 Å². The Labute approximate surface area is 284 Å². The van der Waals surface area contributed by atoms with Crippen LogP contribution in [-0.4, -0.2) is 15.0 Å². The van der Waals surface area contributed by atoms with Gasteiger partial charge in [-0.25, -0.2) is 15.0 Å². The van der Waals surface area contributed by atoms with E-state index in [4.69, 9.17) is 19.4 Å². The second-order valence-electron chi connectivity index (χ2n) is 12.0. The van der Waals surface area contributed by atoms with Gasteiger partial charge in [-0.3, -0.25) is 0 Å². The van der Waals surface area contributed by atoms with E-state index in [1.54, 1.807) is 0 Å². The molecule has 0 spiro atoms. The van der Waals surface area contributed by atoms with Crippen molar-refractivity contribution in [2.75, 3.05) is 0 Å². The minimum atomic E-state index is 0.582. The molecule has 9 aromatic rings. The first kappa shape index (κ1) is 28.6. The predicted octanol–water partition coefficient (Wildman–Crippen LogP) is 11.8. The normalized spacial score (nSPS) is 11.3. The van der Waals surface area contributed by atoms with E-state index in [2.05, 4.69) is 103 Å². The summed E-state index contributed by atoms with van der Waals surface area (Å²) >= 11 is 0. The number of furan rings is 1. The molecule has 0 aliphatic heterocycles. The Hall–Kier alpha value is -6.65. The van der Waals surface area contributed by atoms with E-state index in [1.165, 1.54) is 11.1 Å². The SMILES string of the molecule is c1ccc(-c2nc(-c3ccccc3)nc(-c3cc(-c4ccccc4-c4ccccc4-c4ccccc4)c4c(c3)oc3ccccc34)n2)cc1. The molecular weight excluding hydrogens is 599 g/mol. The van der Waals surface area contributed by atoms with Gasteiger partial charge in [0, 0.05) is 27.5 Å². The second-order valence-corrected chi connectivity index (χ2v) is 12.0. The molecule has 0 atom stereocenters. The van der Waals surface area contributed by atoms with Crippen molar-refractivity contribution in [3.63, 3.8) is 0 Å². The molecule has 0 unspecified atom stereocenters. The second kappa shape index (κ2) is 12.2. The summed E-state index contributed by atoms with van der Waals surface area (Å²) in [5, 5.41) is 2.13. The minimum absolute atomic E-state index is 0.582. The molecule has 9 rings (SSSR count). The number of nitrogens with zero attached hydrogens (tertiary/aromatic N) is 3. The average molecular weight is 628 g/mol. The summed E-state index contributed by atoms with van der Waals surface area (Å²) in [5.74, 6) is 1.82. The van der Waals surface area contributed by atoms with Crippen LogP contribution in [0.2, 0.25) is 0 Å². The molecule has 0 radical (unpaired) electrons. The van der Waals surface area contributed by atoms with Crippen LogP contribution in [0, 0.1) is 0 Å². The Balaban J connectivity index is 1.32. The lowest BCUT2D eigenvalue weighted by atomic mass is 9.87. The van der Waals surface area contributed by atoms with Gasteiger partial charge in [-0.15, -0.1) is 0 Å². The van der Waals surface area contributed by atoms with Gasteiger partial charge in [-0.1, -0.05) is 158 Å². The number of aromatic nitrogens is 3. The van der Waals surface area contributed by atoms with Crippen molar-refractivity contribution < 1.29 is 4.42 Å². The molecule has 0 saturated heterocycles. The van der Waals surface area contributed by atoms with E-state index in [-0.39, 0.29) is 0 Å². The molecule has 0 N–H and O–H groups in total. The van der Waals surface area contributed by atoms with Crippen LogP contribution in [0.3, 0.4) is 0 Å². The maximum Gasteiger partial charge on any atom is 0.164 e. The van der Waals surface area contributed by atoms with E-state index in [1.807, 2.05) is 72.8 Å². The monoisotopic (exact) mass is 627 g/mol. The summed E-state index contributed by atoms with van der Waals surface area (Å²) in [5.41, 5.74) is 11.1. The number of benzene rings is 7. The smallest absolute Gasteiger partial charge is 0.164 e. The average Bonchev–Trinajstić information content (AvgIpc) is 3.57. The molecular formula is C45H29N3O. The molecule has 0 fully saturated rings. The van der Waals surface area contributed by atoms with Crippen LogP contribution in [0.5, 0.6) is 0 Å². The number of fused-ring (bicyclic) bond motifs is 3. The molecule has 2 heterocycles. The van der Waals surface area contributed by atoms with Crippen LogP contribution in [0.4, 0.5) is 0 Å². The van der Waals surface area contributed by atoms with E-state index in [0.29, 0.717) is 17.5 Å². The number of hydrogen-bond donors (Lipinski definition) is 0. The fourth-order valence-corrected chi connectivity index (χ4v) is 6.67. The third-order valence-corrected chi connectivity index (χ3v) is 8.96. The lowest BCUT2D eigenvalue weighted by molar-refractivity contribution is 0.669. The summed E-state index contributed by atoms with van der Waals surface area (Å²) in [6.07, 6.45) is 0. The molecule has 2 aromatic heterocycles. The van der Waals surface area contributed by atoms with Crippen LogP contribution in [0.1, 0.15) is 0 Å². The van der Waals surface area contributed by atoms with Gasteiger partial charge in [0.2, 0.25) is 0 Å². The molecule has 230 valence electrons. The number of rotatable bonds is 6. The zero-order valence-corrected chi connectivity index (χ0v) is 26.5. The van der Waals surface area contributed by atoms with Gasteiger partial charge < -0.3 is 4.42 Å². The first-order chi connectivity index (χ1) is 24.3. The van der Waals surface area contributed by atoms with Crippen molar-refractivity contribution in [2.45, 2.75) is 0 Å². The van der Waals surface area contributed by atoms with Gasteiger partial charge >= 0.3 is 0 Å². The Bertz CT molecular complexity index is 2540. The molecule has 0 saturated carbocycles. The highest BCUT2D eigenvalue weighted by atomic mass is 16.3. The van der Waals surface area contributed by atoms with Gasteiger partial charge in [-0.2, -0.15) is 0 Å². The largest absolute Gasteiger partial charge is 0.456 e. The topological polar surface area (TPSA) is 51.8 Å². The molecule has 49 heavy (non-hydrogen) atoms. The third-order valence-electron chi connectivity index (χ3n) is 8.96. The Morgan fingerprint density at radius 1 is 0.306 bits per heavy atom. The quantitative estimate of drug-likeness (QED) is 0.184. The van der Waals surface area contributed by atoms with E-state index in [0.717, 1.165) is 60.9 Å². The zero-order chi connectivity index (χ0) is 32.6. The third kappa shape index (κ3) is 5.26. The standard InChI is InChI=1S/C45H29N3O/c1-4-16-30(17-5-1)34-22-10-11-23-35(34)36-24-12-13-25-37(36)39-28-33(29-41-42(39)38-26-14-15-27-40(38)49-41)45-47-43(31-18-6-2-7-19-31)46-44(48-45)32-20-8-3-9-21-32/h1-29H. The first-order valence-electron chi connectivity index (χ1n) is 16.4. The lowest BCUT2D eigenvalue weighted by Gasteiger charge is -2.16. The van der Waals surface area contributed by atoms with Crippen molar-refractivity contribution in [1.82, 2.24) is 15.0 Å². The highest BCUT2D eigenvalue weighted by Crippen LogP contribution is 2.44. The maximum atomic E-state index is 6.57. The molecule has 7 aromatic carbocycles. The van der Waals surface area contributed by atoms with Crippen LogP contribution in [0.25, 0.3) is 89.5 Å². The molecule has 4 nitrogen and oxygen atoms in total. The van der Waals surface area contributed by atoms with E-state index >= 15 is 0 Å². The fourth-order valence-electron chi connectivity index (χ4n) is 6.67.